The summed E-state index contributed by atoms with van der Waals surface area (Å²) in [6.07, 6.45) is 1.45. The van der Waals surface area contributed by atoms with Gasteiger partial charge in [0.05, 0.1) is 11.2 Å². The summed E-state index contributed by atoms with van der Waals surface area (Å²) in [6, 6.07) is 18.6. The molecule has 6 heteroatoms. The monoisotopic (exact) mass is 372 g/mol. The fourth-order valence-corrected chi connectivity index (χ4v) is 2.68. The molecule has 0 aromatic heterocycles. The number of carbonyl (C=O) groups is 1. The van der Waals surface area contributed by atoms with Crippen LogP contribution < -0.4 is 10.2 Å². The number of amides is 1. The Morgan fingerprint density at radius 2 is 1.84 bits per heavy atom. The first-order chi connectivity index (χ1) is 12.1. The van der Waals surface area contributed by atoms with Crippen LogP contribution in [-0.2, 0) is 4.79 Å². The van der Waals surface area contributed by atoms with Crippen LogP contribution in [0.15, 0.2) is 65.8 Å². The summed E-state index contributed by atoms with van der Waals surface area (Å²) in [5, 5.41) is 7.02. The Bertz CT molecular complexity index is 942. The molecule has 0 aliphatic heterocycles. The molecule has 25 heavy (non-hydrogen) atoms. The Morgan fingerprint density at radius 3 is 2.64 bits per heavy atom. The molecular formula is C19H14Cl2N2O2. The van der Waals surface area contributed by atoms with Crippen LogP contribution in [0.2, 0.25) is 10.0 Å². The van der Waals surface area contributed by atoms with E-state index in [1.807, 2.05) is 42.5 Å². The van der Waals surface area contributed by atoms with Crippen molar-refractivity contribution < 1.29 is 9.53 Å². The molecule has 0 atom stereocenters. The molecule has 0 aliphatic carbocycles. The second-order valence-corrected chi connectivity index (χ2v) is 6.10. The van der Waals surface area contributed by atoms with Crippen LogP contribution in [0.25, 0.3) is 10.8 Å². The molecule has 126 valence electrons. The van der Waals surface area contributed by atoms with E-state index in [-0.39, 0.29) is 12.5 Å². The Morgan fingerprint density at radius 1 is 1.04 bits per heavy atom. The van der Waals surface area contributed by atoms with Crippen molar-refractivity contribution in [2.45, 2.75) is 0 Å². The first-order valence-corrected chi connectivity index (χ1v) is 8.26. The van der Waals surface area contributed by atoms with E-state index in [1.54, 1.807) is 18.2 Å². The van der Waals surface area contributed by atoms with Gasteiger partial charge in [0.1, 0.15) is 5.75 Å². The number of nitrogens with one attached hydrogen (secondary N) is 1. The number of rotatable bonds is 5. The van der Waals surface area contributed by atoms with Gasteiger partial charge in [-0.2, -0.15) is 5.10 Å². The average molecular weight is 373 g/mol. The molecule has 0 fully saturated rings. The summed E-state index contributed by atoms with van der Waals surface area (Å²) in [5.41, 5.74) is 3.05. The maximum atomic E-state index is 11.8. The van der Waals surface area contributed by atoms with Crippen molar-refractivity contribution in [1.29, 1.82) is 0 Å². The van der Waals surface area contributed by atoms with E-state index < -0.39 is 0 Å². The Hall–Kier alpha value is -2.56. The average Bonchev–Trinajstić information content (AvgIpc) is 2.61. The van der Waals surface area contributed by atoms with Crippen molar-refractivity contribution in [3.8, 4) is 5.75 Å². The van der Waals surface area contributed by atoms with Crippen molar-refractivity contribution in [1.82, 2.24) is 5.43 Å². The molecule has 0 saturated heterocycles. The molecule has 0 unspecified atom stereocenters. The predicted molar refractivity (Wildman–Crippen MR) is 102 cm³/mol. The number of nitrogens with zero attached hydrogens (tertiary/aromatic N) is 1. The van der Waals surface area contributed by atoms with E-state index >= 15 is 0 Å². The van der Waals surface area contributed by atoms with Gasteiger partial charge in [-0.05, 0) is 35.0 Å². The molecule has 0 radical (unpaired) electrons. The van der Waals surface area contributed by atoms with E-state index in [4.69, 9.17) is 27.9 Å². The van der Waals surface area contributed by atoms with E-state index in [1.165, 1.54) is 6.21 Å². The fraction of sp³-hybridized carbons (Fsp3) is 0.0526. The molecule has 0 spiro atoms. The number of hydrazone groups is 1. The van der Waals surface area contributed by atoms with Gasteiger partial charge in [0.15, 0.2) is 6.61 Å². The normalized spacial score (nSPS) is 11.0. The zero-order valence-electron chi connectivity index (χ0n) is 13.1. The van der Waals surface area contributed by atoms with Gasteiger partial charge in [-0.25, -0.2) is 5.43 Å². The first-order valence-electron chi connectivity index (χ1n) is 7.50. The Balaban J connectivity index is 1.54. The quantitative estimate of drug-likeness (QED) is 0.522. The zero-order chi connectivity index (χ0) is 17.6. The highest BCUT2D eigenvalue weighted by molar-refractivity contribution is 6.36. The van der Waals surface area contributed by atoms with Crippen LogP contribution in [0.1, 0.15) is 5.56 Å². The molecule has 0 aliphatic rings. The maximum absolute atomic E-state index is 11.8. The molecule has 1 amide bonds. The molecule has 0 saturated carbocycles. The number of hydrogen-bond acceptors (Lipinski definition) is 3. The molecule has 1 N–H and O–H groups in total. The summed E-state index contributed by atoms with van der Waals surface area (Å²) < 4.78 is 5.49. The number of carbonyl (C=O) groups excluding carboxylic acids is 1. The lowest BCUT2D eigenvalue weighted by atomic mass is 10.1. The third kappa shape index (κ3) is 4.72. The fourth-order valence-electron chi connectivity index (χ4n) is 2.22. The van der Waals surface area contributed by atoms with Gasteiger partial charge >= 0.3 is 0 Å². The van der Waals surface area contributed by atoms with Crippen LogP contribution in [-0.4, -0.2) is 18.7 Å². The van der Waals surface area contributed by atoms with Crippen LogP contribution in [0.4, 0.5) is 0 Å². The first kappa shape index (κ1) is 17.3. The van der Waals surface area contributed by atoms with Crippen molar-refractivity contribution in [2.75, 3.05) is 6.61 Å². The summed E-state index contributed by atoms with van der Waals surface area (Å²) in [5.74, 6) is 0.257. The number of fused-ring (bicyclic) bond motifs is 1. The third-order valence-electron chi connectivity index (χ3n) is 3.45. The second-order valence-electron chi connectivity index (χ2n) is 5.26. The van der Waals surface area contributed by atoms with Crippen LogP contribution >= 0.6 is 23.2 Å². The Labute approximate surface area is 155 Å². The molecule has 3 aromatic rings. The van der Waals surface area contributed by atoms with Crippen molar-refractivity contribution in [3.05, 3.63) is 76.3 Å². The standard InChI is InChI=1S/C19H14Cl2N2O2/c20-16-7-5-15(18(21)10-16)11-22-23-19(24)12-25-17-8-6-13-3-1-2-4-14(13)9-17/h1-11H,12H2,(H,23,24)/b22-11+. The summed E-state index contributed by atoms with van der Waals surface area (Å²) in [4.78, 5) is 11.8. The molecule has 0 bridgehead atoms. The number of hydrogen-bond donors (Lipinski definition) is 1. The lowest BCUT2D eigenvalue weighted by Crippen LogP contribution is -2.24. The molecular weight excluding hydrogens is 359 g/mol. The van der Waals surface area contributed by atoms with E-state index in [9.17, 15) is 4.79 Å². The summed E-state index contributed by atoms with van der Waals surface area (Å²) in [7, 11) is 0. The van der Waals surface area contributed by atoms with Crippen molar-refractivity contribution in [2.24, 2.45) is 5.10 Å². The van der Waals surface area contributed by atoms with Gasteiger partial charge < -0.3 is 4.74 Å². The molecule has 3 rings (SSSR count). The summed E-state index contributed by atoms with van der Waals surface area (Å²) in [6.45, 7) is -0.135. The largest absolute Gasteiger partial charge is 0.484 e. The Kier molecular flexibility index (Phi) is 5.53. The molecule has 0 heterocycles. The number of ether oxygens (including phenoxy) is 1. The van der Waals surface area contributed by atoms with Gasteiger partial charge in [0.25, 0.3) is 5.91 Å². The predicted octanol–water partition coefficient (Wildman–Crippen LogP) is 4.68. The minimum Gasteiger partial charge on any atom is -0.484 e. The van der Waals surface area contributed by atoms with Crippen LogP contribution in [0.5, 0.6) is 5.75 Å². The molecule has 4 nitrogen and oxygen atoms in total. The van der Waals surface area contributed by atoms with Gasteiger partial charge in [-0.1, -0.05) is 59.6 Å². The van der Waals surface area contributed by atoms with Crippen molar-refractivity contribution in [3.63, 3.8) is 0 Å². The second kappa shape index (κ2) is 8.01. The van der Waals surface area contributed by atoms with E-state index in [2.05, 4.69) is 10.5 Å². The van der Waals surface area contributed by atoms with Crippen LogP contribution in [0.3, 0.4) is 0 Å². The van der Waals surface area contributed by atoms with Gasteiger partial charge in [-0.3, -0.25) is 4.79 Å². The van der Waals surface area contributed by atoms with Gasteiger partial charge in [0.2, 0.25) is 0 Å². The molecule has 3 aromatic carbocycles. The highest BCUT2D eigenvalue weighted by Gasteiger charge is 2.03. The minimum absolute atomic E-state index is 0.135. The van der Waals surface area contributed by atoms with Gasteiger partial charge in [-0.15, -0.1) is 0 Å². The van der Waals surface area contributed by atoms with E-state index in [0.717, 1.165) is 10.8 Å². The highest BCUT2D eigenvalue weighted by atomic mass is 35.5. The number of halogens is 2. The van der Waals surface area contributed by atoms with Gasteiger partial charge in [0, 0.05) is 10.6 Å². The van der Waals surface area contributed by atoms with Crippen LogP contribution in [0, 0.1) is 0 Å². The minimum atomic E-state index is -0.366. The van der Waals surface area contributed by atoms with Crippen molar-refractivity contribution >= 4 is 46.1 Å². The third-order valence-corrected chi connectivity index (χ3v) is 4.01. The smallest absolute Gasteiger partial charge is 0.277 e. The highest BCUT2D eigenvalue weighted by Crippen LogP contribution is 2.21. The number of benzene rings is 3. The maximum Gasteiger partial charge on any atom is 0.277 e. The summed E-state index contributed by atoms with van der Waals surface area (Å²) >= 11 is 11.8. The topological polar surface area (TPSA) is 50.7 Å². The lowest BCUT2D eigenvalue weighted by molar-refractivity contribution is -0.123. The SMILES string of the molecule is O=C(COc1ccc2ccccc2c1)N/N=C/c1ccc(Cl)cc1Cl. The zero-order valence-corrected chi connectivity index (χ0v) is 14.6. The lowest BCUT2D eigenvalue weighted by Gasteiger charge is -2.06. The van der Waals surface area contributed by atoms with E-state index in [0.29, 0.717) is 21.4 Å².